The Morgan fingerprint density at radius 1 is 1.53 bits per heavy atom. The van der Waals surface area contributed by atoms with Gasteiger partial charge < -0.3 is 14.9 Å². The van der Waals surface area contributed by atoms with Crippen LogP contribution < -0.4 is 4.74 Å². The molecule has 1 rings (SSSR count). The fourth-order valence-corrected chi connectivity index (χ4v) is 1.90. The molecule has 0 spiro atoms. The molecule has 0 amide bonds. The molecule has 1 atom stereocenters. The van der Waals surface area contributed by atoms with Crippen LogP contribution in [0.4, 0.5) is 0 Å². The molecule has 0 bridgehead atoms. The summed E-state index contributed by atoms with van der Waals surface area (Å²) in [6.45, 7) is 1.46. The molecule has 4 nitrogen and oxygen atoms in total. The summed E-state index contributed by atoms with van der Waals surface area (Å²) in [6, 6.07) is 4.63. The number of phenols is 1. The van der Waals surface area contributed by atoms with Gasteiger partial charge in [-0.3, -0.25) is 4.79 Å². The maximum Gasteiger partial charge on any atom is 0.167 e. The van der Waals surface area contributed by atoms with Crippen LogP contribution in [0.2, 0.25) is 0 Å². The second kappa shape index (κ2) is 6.51. The molecule has 0 aliphatic carbocycles. The fourth-order valence-electron chi connectivity index (χ4n) is 1.42. The molecule has 0 saturated heterocycles. The number of carbonyl (C=O) groups excluding carboxylic acids is 1. The van der Waals surface area contributed by atoms with E-state index in [-0.39, 0.29) is 23.7 Å². The zero-order valence-corrected chi connectivity index (χ0v) is 10.7. The van der Waals surface area contributed by atoms with E-state index in [1.54, 1.807) is 12.1 Å². The smallest absolute Gasteiger partial charge is 0.167 e. The van der Waals surface area contributed by atoms with Crippen molar-refractivity contribution < 1.29 is 19.7 Å². The van der Waals surface area contributed by atoms with Crippen LogP contribution in [0.1, 0.15) is 17.3 Å². The molecule has 17 heavy (non-hydrogen) atoms. The van der Waals surface area contributed by atoms with E-state index in [0.29, 0.717) is 11.5 Å². The molecule has 5 heteroatoms. The lowest BCUT2D eigenvalue weighted by Crippen LogP contribution is -2.20. The van der Waals surface area contributed by atoms with Gasteiger partial charge in [-0.05, 0) is 25.3 Å². The average Bonchev–Trinajstić information content (AvgIpc) is 2.26. The average molecular weight is 256 g/mol. The van der Waals surface area contributed by atoms with E-state index in [9.17, 15) is 15.0 Å². The van der Waals surface area contributed by atoms with E-state index < -0.39 is 6.10 Å². The molecular formula is C12H16O4S. The van der Waals surface area contributed by atoms with Crippen molar-refractivity contribution in [3.8, 4) is 11.5 Å². The summed E-state index contributed by atoms with van der Waals surface area (Å²) in [7, 11) is 0. The first-order valence-electron chi connectivity index (χ1n) is 5.19. The lowest BCUT2D eigenvalue weighted by molar-refractivity contribution is 0.0994. The number of carbonyl (C=O) groups is 1. The highest BCUT2D eigenvalue weighted by atomic mass is 32.2. The number of Topliss-reactive ketones (excluding diaryl/α,β-unsaturated/α-hetero) is 1. The summed E-state index contributed by atoms with van der Waals surface area (Å²) in [6.07, 6.45) is 1.30. The minimum atomic E-state index is -0.591. The number of aliphatic hydroxyl groups excluding tert-OH is 1. The van der Waals surface area contributed by atoms with E-state index in [1.165, 1.54) is 24.8 Å². The molecule has 0 aliphatic heterocycles. The monoisotopic (exact) mass is 256 g/mol. The van der Waals surface area contributed by atoms with Gasteiger partial charge in [0.2, 0.25) is 0 Å². The fraction of sp³-hybridized carbons (Fsp3) is 0.417. The maximum atomic E-state index is 11.4. The first-order chi connectivity index (χ1) is 8.06. The molecule has 0 saturated carbocycles. The highest BCUT2D eigenvalue weighted by molar-refractivity contribution is 7.98. The molecule has 1 aromatic carbocycles. The predicted molar refractivity (Wildman–Crippen MR) is 68.0 cm³/mol. The van der Waals surface area contributed by atoms with E-state index in [4.69, 9.17) is 4.74 Å². The minimum Gasteiger partial charge on any atom is -0.507 e. The third-order valence-electron chi connectivity index (χ3n) is 2.15. The van der Waals surface area contributed by atoms with Gasteiger partial charge in [-0.2, -0.15) is 11.8 Å². The SMILES string of the molecule is CSCC(O)COc1cccc(O)c1C(C)=O. The van der Waals surface area contributed by atoms with Gasteiger partial charge in [0.15, 0.2) is 5.78 Å². The van der Waals surface area contributed by atoms with Gasteiger partial charge >= 0.3 is 0 Å². The van der Waals surface area contributed by atoms with Crippen LogP contribution in [0, 0.1) is 0 Å². The molecule has 0 fully saturated rings. The third kappa shape index (κ3) is 3.94. The summed E-state index contributed by atoms with van der Waals surface area (Å²) in [5.74, 6) is 0.498. The predicted octanol–water partition coefficient (Wildman–Crippen LogP) is 1.70. The van der Waals surface area contributed by atoms with Crippen LogP contribution in [-0.2, 0) is 0 Å². The molecule has 0 aliphatic rings. The van der Waals surface area contributed by atoms with E-state index in [2.05, 4.69) is 0 Å². The number of rotatable bonds is 6. The Labute approximate surface area is 105 Å². The number of hydrogen-bond acceptors (Lipinski definition) is 5. The highest BCUT2D eigenvalue weighted by Gasteiger charge is 2.14. The second-order valence-electron chi connectivity index (χ2n) is 3.63. The number of ketones is 1. The van der Waals surface area contributed by atoms with E-state index in [1.807, 2.05) is 6.26 Å². The first kappa shape index (κ1) is 13.9. The van der Waals surface area contributed by atoms with Gasteiger partial charge in [0.1, 0.15) is 23.7 Å². The lowest BCUT2D eigenvalue weighted by atomic mass is 10.1. The summed E-state index contributed by atoms with van der Waals surface area (Å²) in [5, 5.41) is 19.1. The zero-order valence-electron chi connectivity index (χ0n) is 9.84. The van der Waals surface area contributed by atoms with Gasteiger partial charge in [-0.1, -0.05) is 6.07 Å². The van der Waals surface area contributed by atoms with Gasteiger partial charge in [-0.25, -0.2) is 0 Å². The van der Waals surface area contributed by atoms with Crippen LogP contribution in [0.25, 0.3) is 0 Å². The Morgan fingerprint density at radius 2 is 2.24 bits per heavy atom. The summed E-state index contributed by atoms with van der Waals surface area (Å²) >= 11 is 1.51. The number of ether oxygens (including phenoxy) is 1. The largest absolute Gasteiger partial charge is 0.507 e. The van der Waals surface area contributed by atoms with Crippen LogP contribution in [0.3, 0.4) is 0 Å². The normalized spacial score (nSPS) is 12.2. The van der Waals surface area contributed by atoms with Crippen molar-refractivity contribution in [1.29, 1.82) is 0 Å². The molecule has 0 heterocycles. The minimum absolute atomic E-state index is 0.102. The van der Waals surface area contributed by atoms with Crippen molar-refractivity contribution in [3.05, 3.63) is 23.8 Å². The molecule has 1 aromatic rings. The van der Waals surface area contributed by atoms with Crippen LogP contribution >= 0.6 is 11.8 Å². The first-order valence-corrected chi connectivity index (χ1v) is 6.58. The summed E-state index contributed by atoms with van der Waals surface area (Å²) < 4.78 is 5.35. The number of hydrogen-bond donors (Lipinski definition) is 2. The second-order valence-corrected chi connectivity index (χ2v) is 4.54. The summed E-state index contributed by atoms with van der Waals surface area (Å²) in [5.41, 5.74) is 0.156. The Morgan fingerprint density at radius 3 is 2.82 bits per heavy atom. The van der Waals surface area contributed by atoms with E-state index >= 15 is 0 Å². The van der Waals surface area contributed by atoms with Gasteiger partial charge in [0, 0.05) is 5.75 Å². The standard InChI is InChI=1S/C12H16O4S/c1-8(13)12-10(15)4-3-5-11(12)16-6-9(14)7-17-2/h3-5,9,14-15H,6-7H2,1-2H3. The lowest BCUT2D eigenvalue weighted by Gasteiger charge is -2.13. The Kier molecular flexibility index (Phi) is 5.31. The quantitative estimate of drug-likeness (QED) is 0.758. The Bertz CT molecular complexity index is 392. The van der Waals surface area contributed by atoms with Crippen LogP contribution in [0.15, 0.2) is 18.2 Å². The van der Waals surface area contributed by atoms with Crippen LogP contribution in [0.5, 0.6) is 11.5 Å². The molecule has 0 aromatic heterocycles. The van der Waals surface area contributed by atoms with Crippen molar-refractivity contribution in [3.63, 3.8) is 0 Å². The van der Waals surface area contributed by atoms with Crippen molar-refractivity contribution >= 4 is 17.5 Å². The highest BCUT2D eigenvalue weighted by Crippen LogP contribution is 2.27. The Balaban J connectivity index is 2.77. The number of aromatic hydroxyl groups is 1. The number of thioether (sulfide) groups is 1. The molecular weight excluding hydrogens is 240 g/mol. The molecule has 2 N–H and O–H groups in total. The van der Waals surface area contributed by atoms with Crippen molar-refractivity contribution in [2.24, 2.45) is 0 Å². The topological polar surface area (TPSA) is 66.8 Å². The van der Waals surface area contributed by atoms with Crippen LogP contribution in [-0.4, -0.2) is 40.7 Å². The van der Waals surface area contributed by atoms with Gasteiger partial charge in [0.05, 0.1) is 6.10 Å². The molecule has 1 unspecified atom stereocenters. The van der Waals surface area contributed by atoms with E-state index in [0.717, 1.165) is 0 Å². The number of aliphatic hydroxyl groups is 1. The number of phenolic OH excluding ortho intramolecular Hbond substituents is 1. The number of benzene rings is 1. The Hall–Kier alpha value is -1.20. The summed E-state index contributed by atoms with van der Waals surface area (Å²) in [4.78, 5) is 11.4. The zero-order chi connectivity index (χ0) is 12.8. The van der Waals surface area contributed by atoms with Crippen molar-refractivity contribution in [1.82, 2.24) is 0 Å². The maximum absolute atomic E-state index is 11.4. The van der Waals surface area contributed by atoms with Gasteiger partial charge in [0.25, 0.3) is 0 Å². The van der Waals surface area contributed by atoms with Crippen molar-refractivity contribution in [2.45, 2.75) is 13.0 Å². The molecule has 0 radical (unpaired) electrons. The van der Waals surface area contributed by atoms with Crippen molar-refractivity contribution in [2.75, 3.05) is 18.6 Å². The molecule has 94 valence electrons. The third-order valence-corrected chi connectivity index (χ3v) is 2.86. The van der Waals surface area contributed by atoms with Gasteiger partial charge in [-0.15, -0.1) is 0 Å².